The first-order chi connectivity index (χ1) is 9.60. The summed E-state index contributed by atoms with van der Waals surface area (Å²) in [5, 5.41) is 5.17. The molecule has 0 radical (unpaired) electrons. The summed E-state index contributed by atoms with van der Waals surface area (Å²) in [7, 11) is 0. The third kappa shape index (κ3) is 3.58. The van der Waals surface area contributed by atoms with Crippen LogP contribution in [0.5, 0.6) is 0 Å². The van der Waals surface area contributed by atoms with E-state index in [0.717, 1.165) is 22.0 Å². The highest BCUT2D eigenvalue weighted by molar-refractivity contribution is 7.99. The Hall–Kier alpha value is -1.87. The van der Waals surface area contributed by atoms with Crippen LogP contribution in [0.15, 0.2) is 16.6 Å². The van der Waals surface area contributed by atoms with Gasteiger partial charge in [-0.05, 0) is 18.4 Å². The molecular weight excluding hydrogens is 300 g/mol. The predicted octanol–water partition coefficient (Wildman–Crippen LogP) is 1.64. The number of thioether (sulfide) groups is 1. The number of ether oxygens (including phenoxy) is 1. The first-order valence-electron chi connectivity index (χ1n) is 5.70. The lowest BCUT2D eigenvalue weighted by molar-refractivity contribution is -0.117. The highest BCUT2D eigenvalue weighted by atomic mass is 32.2. The standard InChI is InChI=1S/C11H12N4O3S2/c1-2-18-11(17)13-7(16)5-20-10-14-8(12)6-3-4-19-9(6)15-10/h3-4H,2,5H2,1H3,(H2,12,14,15)(H,13,16,17). The van der Waals surface area contributed by atoms with Gasteiger partial charge in [-0.3, -0.25) is 10.1 Å². The lowest BCUT2D eigenvalue weighted by Crippen LogP contribution is -2.32. The SMILES string of the molecule is CCOC(=O)NC(=O)CSc1nc(N)c2ccsc2n1. The van der Waals surface area contributed by atoms with Crippen molar-refractivity contribution in [1.29, 1.82) is 0 Å². The molecular formula is C11H12N4O3S2. The first kappa shape index (κ1) is 14.5. The molecule has 0 atom stereocenters. The molecule has 0 fully saturated rings. The number of fused-ring (bicyclic) bond motifs is 1. The smallest absolute Gasteiger partial charge is 0.413 e. The number of aromatic nitrogens is 2. The molecule has 2 heterocycles. The van der Waals surface area contributed by atoms with E-state index in [1.165, 1.54) is 11.3 Å². The van der Waals surface area contributed by atoms with E-state index >= 15 is 0 Å². The fourth-order valence-corrected chi connectivity index (χ4v) is 2.85. The quantitative estimate of drug-likeness (QED) is 0.652. The Morgan fingerprint density at radius 1 is 1.50 bits per heavy atom. The van der Waals surface area contributed by atoms with Crippen molar-refractivity contribution in [3.05, 3.63) is 11.4 Å². The monoisotopic (exact) mass is 312 g/mol. The van der Waals surface area contributed by atoms with Crippen molar-refractivity contribution in [2.75, 3.05) is 18.1 Å². The molecule has 3 N–H and O–H groups in total. The molecule has 2 aromatic rings. The van der Waals surface area contributed by atoms with Crippen LogP contribution >= 0.6 is 23.1 Å². The number of nitrogens with two attached hydrogens (primary N) is 1. The van der Waals surface area contributed by atoms with Gasteiger partial charge in [0.05, 0.1) is 17.7 Å². The molecule has 2 rings (SSSR count). The summed E-state index contributed by atoms with van der Waals surface area (Å²) in [5.41, 5.74) is 5.80. The normalized spacial score (nSPS) is 10.4. The highest BCUT2D eigenvalue weighted by Gasteiger charge is 2.11. The van der Waals surface area contributed by atoms with Gasteiger partial charge in [-0.15, -0.1) is 11.3 Å². The summed E-state index contributed by atoms with van der Waals surface area (Å²) in [6.07, 6.45) is -0.757. The molecule has 0 saturated carbocycles. The molecule has 0 spiro atoms. The van der Waals surface area contributed by atoms with Crippen molar-refractivity contribution < 1.29 is 14.3 Å². The number of nitrogen functional groups attached to an aromatic ring is 1. The van der Waals surface area contributed by atoms with Gasteiger partial charge < -0.3 is 10.5 Å². The lowest BCUT2D eigenvalue weighted by atomic mass is 10.4. The van der Waals surface area contributed by atoms with Gasteiger partial charge >= 0.3 is 6.09 Å². The molecule has 2 amide bonds. The number of nitrogens with one attached hydrogen (secondary N) is 1. The van der Waals surface area contributed by atoms with Gasteiger partial charge in [0.1, 0.15) is 10.6 Å². The van der Waals surface area contributed by atoms with Crippen LogP contribution in [0.4, 0.5) is 10.6 Å². The summed E-state index contributed by atoms with van der Waals surface area (Å²) in [4.78, 5) is 31.7. The summed E-state index contributed by atoms with van der Waals surface area (Å²) >= 11 is 2.55. The van der Waals surface area contributed by atoms with E-state index in [2.05, 4.69) is 20.0 Å². The van der Waals surface area contributed by atoms with Crippen molar-refractivity contribution in [1.82, 2.24) is 15.3 Å². The van der Waals surface area contributed by atoms with Crippen molar-refractivity contribution in [2.24, 2.45) is 0 Å². The Bertz CT molecular complexity index is 644. The number of rotatable bonds is 4. The second-order valence-corrected chi connectivity index (χ2v) is 5.43. The molecule has 20 heavy (non-hydrogen) atoms. The first-order valence-corrected chi connectivity index (χ1v) is 7.56. The van der Waals surface area contributed by atoms with Gasteiger partial charge in [-0.2, -0.15) is 0 Å². The van der Waals surface area contributed by atoms with E-state index in [1.54, 1.807) is 6.92 Å². The van der Waals surface area contributed by atoms with Crippen molar-refractivity contribution in [2.45, 2.75) is 12.1 Å². The van der Waals surface area contributed by atoms with Crippen LogP contribution < -0.4 is 11.1 Å². The largest absolute Gasteiger partial charge is 0.450 e. The van der Waals surface area contributed by atoms with Crippen LogP contribution in [0.25, 0.3) is 10.2 Å². The number of carbonyl (C=O) groups is 2. The number of thiophene rings is 1. The third-order valence-corrected chi connectivity index (χ3v) is 3.84. The van der Waals surface area contributed by atoms with Crippen LogP contribution in [0.3, 0.4) is 0 Å². The van der Waals surface area contributed by atoms with Crippen LogP contribution in [-0.2, 0) is 9.53 Å². The molecule has 0 aliphatic heterocycles. The Labute approximate surface area is 122 Å². The number of amides is 2. The number of anilines is 1. The Morgan fingerprint density at radius 2 is 2.30 bits per heavy atom. The maximum Gasteiger partial charge on any atom is 0.413 e. The molecule has 0 bridgehead atoms. The van der Waals surface area contributed by atoms with Crippen molar-refractivity contribution in [3.63, 3.8) is 0 Å². The number of carbonyl (C=O) groups excluding carboxylic acids is 2. The fraction of sp³-hybridized carbons (Fsp3) is 0.273. The van der Waals surface area contributed by atoms with E-state index in [4.69, 9.17) is 5.73 Å². The summed E-state index contributed by atoms with van der Waals surface area (Å²) in [6, 6.07) is 1.84. The molecule has 0 aliphatic carbocycles. The number of alkyl carbamates (subject to hydrolysis) is 1. The molecule has 0 unspecified atom stereocenters. The minimum Gasteiger partial charge on any atom is -0.450 e. The summed E-state index contributed by atoms with van der Waals surface area (Å²) < 4.78 is 4.60. The van der Waals surface area contributed by atoms with Gasteiger partial charge in [-0.25, -0.2) is 14.8 Å². The number of hydrogen-bond acceptors (Lipinski definition) is 8. The zero-order valence-corrected chi connectivity index (χ0v) is 12.2. The summed E-state index contributed by atoms with van der Waals surface area (Å²) in [6.45, 7) is 1.87. The topological polar surface area (TPSA) is 107 Å². The van der Waals surface area contributed by atoms with E-state index in [1.807, 2.05) is 11.4 Å². The van der Waals surface area contributed by atoms with Crippen molar-refractivity contribution >= 4 is 51.1 Å². The van der Waals surface area contributed by atoms with Gasteiger partial charge in [-0.1, -0.05) is 11.8 Å². The van der Waals surface area contributed by atoms with Gasteiger partial charge in [0.25, 0.3) is 0 Å². The van der Waals surface area contributed by atoms with E-state index in [9.17, 15) is 9.59 Å². The second kappa shape index (κ2) is 6.53. The molecule has 106 valence electrons. The molecule has 0 aliphatic rings. The number of hydrogen-bond donors (Lipinski definition) is 2. The van der Waals surface area contributed by atoms with Crippen LogP contribution in [0, 0.1) is 0 Å². The minimum atomic E-state index is -0.757. The Balaban J connectivity index is 1.95. The van der Waals surface area contributed by atoms with Gasteiger partial charge in [0.2, 0.25) is 5.91 Å². The van der Waals surface area contributed by atoms with Crippen LogP contribution in [0.1, 0.15) is 6.92 Å². The maximum absolute atomic E-state index is 11.5. The molecule has 9 heteroatoms. The van der Waals surface area contributed by atoms with E-state index in [0.29, 0.717) is 11.0 Å². The van der Waals surface area contributed by atoms with Crippen molar-refractivity contribution in [3.8, 4) is 0 Å². The molecule has 0 saturated heterocycles. The highest BCUT2D eigenvalue weighted by Crippen LogP contribution is 2.26. The minimum absolute atomic E-state index is 0.00906. The van der Waals surface area contributed by atoms with E-state index < -0.39 is 12.0 Å². The van der Waals surface area contributed by atoms with Crippen LogP contribution in [0.2, 0.25) is 0 Å². The van der Waals surface area contributed by atoms with Gasteiger partial charge in [0, 0.05) is 0 Å². The molecule has 2 aromatic heterocycles. The number of imide groups is 1. The Kier molecular flexibility index (Phi) is 4.74. The maximum atomic E-state index is 11.5. The van der Waals surface area contributed by atoms with Crippen LogP contribution in [-0.4, -0.2) is 34.3 Å². The average molecular weight is 312 g/mol. The van der Waals surface area contributed by atoms with Gasteiger partial charge in [0.15, 0.2) is 5.16 Å². The Morgan fingerprint density at radius 3 is 3.05 bits per heavy atom. The second-order valence-electron chi connectivity index (χ2n) is 3.59. The number of nitrogens with zero attached hydrogens (tertiary/aromatic N) is 2. The molecule has 7 nitrogen and oxygen atoms in total. The zero-order chi connectivity index (χ0) is 14.5. The average Bonchev–Trinajstić information content (AvgIpc) is 2.85. The summed E-state index contributed by atoms with van der Waals surface area (Å²) in [5.74, 6) is -0.0822. The van der Waals surface area contributed by atoms with E-state index in [-0.39, 0.29) is 12.4 Å². The molecule has 0 aromatic carbocycles. The zero-order valence-electron chi connectivity index (χ0n) is 10.6. The predicted molar refractivity (Wildman–Crippen MR) is 77.7 cm³/mol. The fourth-order valence-electron chi connectivity index (χ4n) is 1.37. The lowest BCUT2D eigenvalue weighted by Gasteiger charge is -2.04. The third-order valence-electron chi connectivity index (χ3n) is 2.18.